The predicted octanol–water partition coefficient (Wildman–Crippen LogP) is 4.22. The number of hydrogen-bond acceptors (Lipinski definition) is 3. The van der Waals surface area contributed by atoms with E-state index < -0.39 is 5.60 Å². The third kappa shape index (κ3) is 2.90. The summed E-state index contributed by atoms with van der Waals surface area (Å²) in [6, 6.07) is 0. The van der Waals surface area contributed by atoms with E-state index >= 15 is 0 Å². The van der Waals surface area contributed by atoms with Crippen molar-refractivity contribution >= 4 is 6.29 Å². The molecule has 0 aromatic carbocycles. The van der Waals surface area contributed by atoms with E-state index in [-0.39, 0.29) is 5.41 Å². The molecule has 0 aromatic heterocycles. The summed E-state index contributed by atoms with van der Waals surface area (Å²) in [7, 11) is 0. The number of carbonyl (C=O) groups excluding carboxylic acids is 1. The van der Waals surface area contributed by atoms with Crippen molar-refractivity contribution in [3.63, 3.8) is 0 Å². The highest BCUT2D eigenvalue weighted by atomic mass is 16.5. The van der Waals surface area contributed by atoms with Crippen molar-refractivity contribution in [2.24, 2.45) is 40.9 Å². The van der Waals surface area contributed by atoms with Gasteiger partial charge in [-0.2, -0.15) is 0 Å². The number of rotatable bonds is 4. The lowest BCUT2D eigenvalue weighted by atomic mass is 9.49. The van der Waals surface area contributed by atoms with Crippen LogP contribution in [0.3, 0.4) is 0 Å². The summed E-state index contributed by atoms with van der Waals surface area (Å²) >= 11 is 0. The SMILES string of the molecule is CCOC[C@@]1(O)CC[C@H]2[C@@H](CC[C@@H]3[C@@H]2CC[C@]2(C)[C@@H](C=O)CC[C@@H]32)C1. The molecule has 4 saturated carbocycles. The molecule has 0 saturated heterocycles. The van der Waals surface area contributed by atoms with E-state index in [1.54, 1.807) is 0 Å². The Morgan fingerprint density at radius 3 is 2.60 bits per heavy atom. The Morgan fingerprint density at radius 2 is 1.84 bits per heavy atom. The third-order valence-corrected chi connectivity index (χ3v) is 8.92. The van der Waals surface area contributed by atoms with E-state index in [4.69, 9.17) is 4.74 Å². The largest absolute Gasteiger partial charge is 0.387 e. The number of aldehydes is 1. The third-order valence-electron chi connectivity index (χ3n) is 8.92. The lowest BCUT2D eigenvalue weighted by molar-refractivity contribution is -0.132. The predicted molar refractivity (Wildman–Crippen MR) is 98.1 cm³/mol. The average molecular weight is 349 g/mol. The minimum atomic E-state index is -0.580. The van der Waals surface area contributed by atoms with Crippen molar-refractivity contribution in [3.05, 3.63) is 0 Å². The van der Waals surface area contributed by atoms with Crippen molar-refractivity contribution in [3.8, 4) is 0 Å². The molecular formula is C22H36O3. The number of aliphatic hydroxyl groups is 1. The van der Waals surface area contributed by atoms with Crippen LogP contribution in [0.2, 0.25) is 0 Å². The standard InChI is InChI=1S/C22H36O3/c1-3-25-14-22(24)11-9-17-15(12-22)4-6-19-18(17)8-10-21(2)16(13-23)5-7-20(19)21/h13,15-20,24H,3-12,14H2,1-2H3/t15-,16+,17-,18+,19+,20-,21+,22+/m0/s1. The Morgan fingerprint density at radius 1 is 1.04 bits per heavy atom. The second-order valence-corrected chi connectivity index (χ2v) is 9.90. The molecule has 1 N–H and O–H groups in total. The highest BCUT2D eigenvalue weighted by Crippen LogP contribution is 2.64. The Kier molecular flexibility index (Phi) is 4.77. The molecule has 0 spiro atoms. The topological polar surface area (TPSA) is 46.5 Å². The summed E-state index contributed by atoms with van der Waals surface area (Å²) in [6.45, 7) is 5.63. The molecule has 8 atom stereocenters. The number of ether oxygens (including phenoxy) is 1. The Bertz CT molecular complexity index is 506. The molecular weight excluding hydrogens is 312 g/mol. The summed E-state index contributed by atoms with van der Waals surface area (Å²) in [5.74, 6) is 4.25. The van der Waals surface area contributed by atoms with Gasteiger partial charge in [0.15, 0.2) is 0 Å². The van der Waals surface area contributed by atoms with Gasteiger partial charge < -0.3 is 14.6 Å². The van der Waals surface area contributed by atoms with Crippen LogP contribution in [0.25, 0.3) is 0 Å². The minimum Gasteiger partial charge on any atom is -0.387 e. The van der Waals surface area contributed by atoms with Crippen LogP contribution in [-0.4, -0.2) is 30.2 Å². The molecule has 0 aromatic rings. The van der Waals surface area contributed by atoms with Crippen LogP contribution in [0.1, 0.15) is 71.6 Å². The van der Waals surface area contributed by atoms with Gasteiger partial charge in [-0.05, 0) is 99.7 Å². The molecule has 0 radical (unpaired) electrons. The average Bonchev–Trinajstić information content (AvgIpc) is 2.96. The second kappa shape index (κ2) is 6.64. The second-order valence-electron chi connectivity index (χ2n) is 9.90. The van der Waals surface area contributed by atoms with E-state index in [1.807, 2.05) is 6.92 Å². The molecule has 0 amide bonds. The van der Waals surface area contributed by atoms with Crippen LogP contribution < -0.4 is 0 Å². The van der Waals surface area contributed by atoms with Crippen LogP contribution >= 0.6 is 0 Å². The first-order valence-electron chi connectivity index (χ1n) is 10.8. The zero-order valence-electron chi connectivity index (χ0n) is 16.1. The summed E-state index contributed by atoms with van der Waals surface area (Å²) in [4.78, 5) is 11.6. The maximum atomic E-state index is 11.6. The van der Waals surface area contributed by atoms with Crippen molar-refractivity contribution in [2.45, 2.75) is 77.2 Å². The fraction of sp³-hybridized carbons (Fsp3) is 0.955. The molecule has 0 heterocycles. The van der Waals surface area contributed by atoms with Gasteiger partial charge in [0.2, 0.25) is 0 Å². The summed E-state index contributed by atoms with van der Waals surface area (Å²) in [6.07, 6.45) is 11.8. The fourth-order valence-corrected chi connectivity index (χ4v) is 7.65. The van der Waals surface area contributed by atoms with Crippen LogP contribution in [0.15, 0.2) is 0 Å². The number of carbonyl (C=O) groups is 1. The molecule has 0 bridgehead atoms. The normalized spacial score (nSPS) is 52.1. The number of fused-ring (bicyclic) bond motifs is 5. The maximum Gasteiger partial charge on any atom is 0.123 e. The van der Waals surface area contributed by atoms with E-state index in [0.29, 0.717) is 25.0 Å². The quantitative estimate of drug-likeness (QED) is 0.774. The van der Waals surface area contributed by atoms with Gasteiger partial charge in [-0.1, -0.05) is 6.92 Å². The monoisotopic (exact) mass is 348 g/mol. The van der Waals surface area contributed by atoms with Gasteiger partial charge in [-0.15, -0.1) is 0 Å². The first-order valence-corrected chi connectivity index (χ1v) is 10.8. The Balaban J connectivity index is 1.47. The molecule has 4 rings (SSSR count). The van der Waals surface area contributed by atoms with Crippen molar-refractivity contribution in [1.82, 2.24) is 0 Å². The highest BCUT2D eigenvalue weighted by molar-refractivity contribution is 5.56. The van der Waals surface area contributed by atoms with Crippen LogP contribution in [0.4, 0.5) is 0 Å². The molecule has 3 heteroatoms. The van der Waals surface area contributed by atoms with Crippen LogP contribution in [0.5, 0.6) is 0 Å². The van der Waals surface area contributed by atoms with Gasteiger partial charge in [0.05, 0.1) is 12.2 Å². The van der Waals surface area contributed by atoms with Crippen molar-refractivity contribution in [2.75, 3.05) is 13.2 Å². The zero-order valence-corrected chi connectivity index (χ0v) is 16.1. The van der Waals surface area contributed by atoms with Gasteiger partial charge in [-0.25, -0.2) is 0 Å². The molecule has 142 valence electrons. The maximum absolute atomic E-state index is 11.6. The fourth-order valence-electron chi connectivity index (χ4n) is 7.65. The van der Waals surface area contributed by atoms with E-state index in [1.165, 1.54) is 44.8 Å². The Labute approximate surface area is 152 Å². The van der Waals surface area contributed by atoms with Gasteiger partial charge in [0.25, 0.3) is 0 Å². The van der Waals surface area contributed by atoms with Gasteiger partial charge in [0.1, 0.15) is 6.29 Å². The minimum absolute atomic E-state index is 0.278. The van der Waals surface area contributed by atoms with E-state index in [2.05, 4.69) is 6.92 Å². The van der Waals surface area contributed by atoms with E-state index in [0.717, 1.165) is 42.9 Å². The zero-order chi connectivity index (χ0) is 17.7. The summed E-state index contributed by atoms with van der Waals surface area (Å²) in [5, 5.41) is 10.9. The van der Waals surface area contributed by atoms with Gasteiger partial charge >= 0.3 is 0 Å². The van der Waals surface area contributed by atoms with Crippen molar-refractivity contribution in [1.29, 1.82) is 0 Å². The first kappa shape index (κ1) is 18.0. The van der Waals surface area contributed by atoms with Crippen LogP contribution in [-0.2, 0) is 9.53 Å². The van der Waals surface area contributed by atoms with Gasteiger partial charge in [-0.3, -0.25) is 0 Å². The number of hydrogen-bond donors (Lipinski definition) is 1. The molecule has 0 aliphatic heterocycles. The first-order chi connectivity index (χ1) is 12.0. The molecule has 4 aliphatic rings. The lowest BCUT2D eigenvalue weighted by Crippen LogP contribution is -2.52. The van der Waals surface area contributed by atoms with Gasteiger partial charge in [0, 0.05) is 12.5 Å². The Hall–Kier alpha value is -0.410. The molecule has 4 aliphatic carbocycles. The molecule has 4 fully saturated rings. The lowest BCUT2D eigenvalue weighted by Gasteiger charge is -2.56. The van der Waals surface area contributed by atoms with Crippen molar-refractivity contribution < 1.29 is 14.6 Å². The van der Waals surface area contributed by atoms with E-state index in [9.17, 15) is 9.90 Å². The summed E-state index contributed by atoms with van der Waals surface area (Å²) < 4.78 is 5.57. The molecule has 25 heavy (non-hydrogen) atoms. The van der Waals surface area contributed by atoms with Crippen LogP contribution in [0, 0.1) is 40.9 Å². The molecule has 3 nitrogen and oxygen atoms in total. The summed E-state index contributed by atoms with van der Waals surface area (Å²) in [5.41, 5.74) is -0.302. The smallest absolute Gasteiger partial charge is 0.123 e. The highest BCUT2D eigenvalue weighted by Gasteiger charge is 2.57. The molecule has 0 unspecified atom stereocenters.